The highest BCUT2D eigenvalue weighted by molar-refractivity contribution is 6.32. The number of fused-ring (bicyclic) bond motifs is 1. The molecule has 1 aromatic carbocycles. The Morgan fingerprint density at radius 1 is 1.47 bits per heavy atom. The maximum absolute atomic E-state index is 13.3. The fraction of sp³-hybridized carbons (Fsp3) is 0.250. The van der Waals surface area contributed by atoms with Gasteiger partial charge in [0.2, 0.25) is 6.93 Å². The fourth-order valence-corrected chi connectivity index (χ4v) is 1.87. The van der Waals surface area contributed by atoms with Crippen molar-refractivity contribution in [2.45, 2.75) is 13.3 Å². The Hall–Kier alpha value is -1.69. The van der Waals surface area contributed by atoms with E-state index >= 15 is 0 Å². The molecule has 0 saturated heterocycles. The topological polar surface area (TPSA) is 46.5 Å². The maximum atomic E-state index is 13.3. The van der Waals surface area contributed by atoms with Crippen molar-refractivity contribution >= 4 is 23.6 Å². The van der Waals surface area contributed by atoms with Crippen molar-refractivity contribution in [3.63, 3.8) is 0 Å². The zero-order valence-corrected chi connectivity index (χ0v) is 10.5. The van der Waals surface area contributed by atoms with E-state index in [4.69, 9.17) is 21.4 Å². The first-order valence-corrected chi connectivity index (χ1v) is 5.46. The summed E-state index contributed by atoms with van der Waals surface area (Å²) in [6.07, 6.45) is -0.741. The summed E-state index contributed by atoms with van der Waals surface area (Å²) in [6, 6.07) is 3.32. The van der Waals surface area contributed by atoms with E-state index in [2.05, 4.69) is 0 Å². The summed E-state index contributed by atoms with van der Waals surface area (Å²) in [4.78, 5) is 10.7. The first-order valence-electron chi connectivity index (χ1n) is 5.08. The molecule has 3 nitrogen and oxygen atoms in total. The molecule has 0 spiro atoms. The summed E-state index contributed by atoms with van der Waals surface area (Å²) in [7, 11) is 0. The molecule has 0 aromatic heterocycles. The van der Waals surface area contributed by atoms with Crippen LogP contribution in [-0.2, 0) is 4.79 Å². The summed E-state index contributed by atoms with van der Waals surface area (Å²) in [5, 5.41) is 9.03. The minimum Gasteiger partial charge on any atom is -0.478 e. The van der Waals surface area contributed by atoms with Crippen molar-refractivity contribution in [1.29, 1.82) is 0 Å². The maximum Gasteiger partial charge on any atom is 0.338 e. The van der Waals surface area contributed by atoms with E-state index in [1.165, 1.54) is 6.08 Å². The molecule has 0 saturated carbocycles. The quantitative estimate of drug-likeness (QED) is 0.859. The fourth-order valence-electron chi connectivity index (χ4n) is 1.55. The molecule has 0 bridgehead atoms. The molecule has 1 aliphatic heterocycles. The molecule has 1 unspecified atom stereocenters. The van der Waals surface area contributed by atoms with E-state index in [-0.39, 0.29) is 10.8 Å². The zero-order chi connectivity index (χ0) is 14.6. The largest absolute Gasteiger partial charge is 0.478 e. The molecule has 0 radical (unpaired) electrons. The molecular weight excluding hydrogens is 285 g/mol. The predicted molar refractivity (Wildman–Crippen MR) is 64.4 cm³/mol. The predicted octanol–water partition coefficient (Wildman–Crippen LogP) is 3.69. The second-order valence-electron chi connectivity index (χ2n) is 3.60. The number of ether oxygens (including phenoxy) is 1. The third-order valence-electron chi connectivity index (χ3n) is 2.24. The lowest BCUT2D eigenvalue weighted by atomic mass is 10.0. The van der Waals surface area contributed by atoms with Gasteiger partial charge in [0.05, 0.1) is 5.02 Å². The van der Waals surface area contributed by atoms with E-state index < -0.39 is 24.8 Å². The zero-order valence-electron chi connectivity index (χ0n) is 9.79. The molecule has 0 aliphatic carbocycles. The van der Waals surface area contributed by atoms with Crippen LogP contribution < -0.4 is 4.74 Å². The van der Waals surface area contributed by atoms with Crippen LogP contribution >= 0.6 is 11.6 Å². The van der Waals surface area contributed by atoms with Crippen molar-refractivity contribution in [2.75, 3.05) is 6.93 Å². The number of carbonyl (C=O) groups is 1. The van der Waals surface area contributed by atoms with Crippen LogP contribution in [0.4, 0.5) is 13.2 Å². The third kappa shape index (κ3) is 3.64. The van der Waals surface area contributed by atoms with Crippen molar-refractivity contribution in [3.8, 4) is 5.75 Å². The Morgan fingerprint density at radius 3 is 2.58 bits per heavy atom. The van der Waals surface area contributed by atoms with Gasteiger partial charge in [0.15, 0.2) is 0 Å². The van der Waals surface area contributed by atoms with Gasteiger partial charge in [-0.05, 0) is 30.7 Å². The van der Waals surface area contributed by atoms with Crippen LogP contribution in [0.3, 0.4) is 0 Å². The van der Waals surface area contributed by atoms with Crippen molar-refractivity contribution in [2.24, 2.45) is 0 Å². The van der Waals surface area contributed by atoms with Gasteiger partial charge in [-0.25, -0.2) is 13.6 Å². The number of carboxylic acids is 1. The standard InChI is InChI=1S/C11H8ClFO3.CH2F2/c1-5-2-6-4-7(11(14)15)10(13)16-9(6)8(12)3-5;2-1-3/h2-4,10H,1H3,(H,14,15);1H2. The summed E-state index contributed by atoms with van der Waals surface area (Å²) >= 11 is 5.87. The molecule has 1 aromatic rings. The monoisotopic (exact) mass is 294 g/mol. The van der Waals surface area contributed by atoms with Crippen LogP contribution in [0.2, 0.25) is 5.02 Å². The Bertz CT molecular complexity index is 517. The molecular formula is C12H10ClF3O3. The van der Waals surface area contributed by atoms with Crippen molar-refractivity contribution < 1.29 is 27.8 Å². The molecule has 1 N–H and O–H groups in total. The minimum absolute atomic E-state index is 0.185. The van der Waals surface area contributed by atoms with Crippen molar-refractivity contribution in [3.05, 3.63) is 33.9 Å². The van der Waals surface area contributed by atoms with Gasteiger partial charge in [0, 0.05) is 5.56 Å². The lowest BCUT2D eigenvalue weighted by molar-refractivity contribution is -0.134. The average molecular weight is 295 g/mol. The van der Waals surface area contributed by atoms with E-state index in [1.54, 1.807) is 12.1 Å². The smallest absolute Gasteiger partial charge is 0.338 e. The average Bonchev–Trinajstić information content (AvgIpc) is 2.30. The first-order chi connectivity index (χ1) is 8.90. The van der Waals surface area contributed by atoms with Gasteiger partial charge >= 0.3 is 5.97 Å². The number of hydrogen-bond acceptors (Lipinski definition) is 2. The number of aliphatic carboxylic acids is 1. The molecule has 1 aliphatic rings. The van der Waals surface area contributed by atoms with Gasteiger partial charge in [-0.3, -0.25) is 0 Å². The van der Waals surface area contributed by atoms with Crippen LogP contribution in [0.5, 0.6) is 5.75 Å². The number of aryl methyl sites for hydroxylation is 1. The Kier molecular flexibility index (Phi) is 5.23. The highest BCUT2D eigenvalue weighted by Crippen LogP contribution is 2.37. The molecule has 19 heavy (non-hydrogen) atoms. The number of halogens is 4. The molecule has 1 atom stereocenters. The van der Waals surface area contributed by atoms with E-state index in [9.17, 15) is 18.0 Å². The van der Waals surface area contributed by atoms with Gasteiger partial charge in [-0.15, -0.1) is 0 Å². The van der Waals surface area contributed by atoms with E-state index in [1.807, 2.05) is 6.92 Å². The first kappa shape index (κ1) is 15.4. The molecule has 7 heteroatoms. The number of hydrogen-bond donors (Lipinski definition) is 1. The normalized spacial score (nSPS) is 16.5. The summed E-state index contributed by atoms with van der Waals surface area (Å²) in [5.74, 6) is -1.15. The number of carboxylic acid groups (broad SMARTS) is 1. The van der Waals surface area contributed by atoms with E-state index in [0.29, 0.717) is 5.56 Å². The molecule has 0 amide bonds. The number of alkyl halides is 3. The van der Waals surface area contributed by atoms with Crippen LogP contribution in [-0.4, -0.2) is 24.4 Å². The van der Waals surface area contributed by atoms with Gasteiger partial charge in [0.25, 0.3) is 6.36 Å². The Morgan fingerprint density at radius 2 is 2.05 bits per heavy atom. The van der Waals surface area contributed by atoms with Crippen LogP contribution in [0.25, 0.3) is 6.08 Å². The van der Waals surface area contributed by atoms with Gasteiger partial charge < -0.3 is 9.84 Å². The van der Waals surface area contributed by atoms with E-state index in [0.717, 1.165) is 5.56 Å². The van der Waals surface area contributed by atoms with Crippen LogP contribution in [0.15, 0.2) is 17.7 Å². The van der Waals surface area contributed by atoms with Crippen molar-refractivity contribution in [1.82, 2.24) is 0 Å². The molecule has 0 fully saturated rings. The van der Waals surface area contributed by atoms with Gasteiger partial charge in [-0.1, -0.05) is 11.6 Å². The molecule has 2 rings (SSSR count). The molecule has 104 valence electrons. The number of benzene rings is 1. The molecule has 1 heterocycles. The third-order valence-corrected chi connectivity index (χ3v) is 2.52. The van der Waals surface area contributed by atoms with Gasteiger partial charge in [0.1, 0.15) is 11.3 Å². The minimum atomic E-state index is -1.98. The lowest BCUT2D eigenvalue weighted by Gasteiger charge is -2.20. The van der Waals surface area contributed by atoms with Crippen LogP contribution in [0, 0.1) is 6.92 Å². The Labute approximate surface area is 112 Å². The SMILES string of the molecule is Cc1cc(Cl)c2c(c1)C=C(C(=O)O)C(F)O2.FCF. The second-order valence-corrected chi connectivity index (χ2v) is 4.01. The highest BCUT2D eigenvalue weighted by Gasteiger charge is 2.28. The lowest BCUT2D eigenvalue weighted by Crippen LogP contribution is -2.23. The highest BCUT2D eigenvalue weighted by atomic mass is 35.5. The Balaban J connectivity index is 0.000000550. The second kappa shape index (κ2) is 6.47. The number of rotatable bonds is 1. The van der Waals surface area contributed by atoms with Gasteiger partial charge in [-0.2, -0.15) is 4.39 Å². The summed E-state index contributed by atoms with van der Waals surface area (Å²) < 4.78 is 37.4. The van der Waals surface area contributed by atoms with Crippen LogP contribution in [0.1, 0.15) is 11.1 Å². The summed E-state index contributed by atoms with van der Waals surface area (Å²) in [6.45, 7) is 0.0575. The summed E-state index contributed by atoms with van der Waals surface area (Å²) in [5.41, 5.74) is 0.913.